The van der Waals surface area contributed by atoms with Crippen LogP contribution in [-0.2, 0) is 32.6 Å². The SMILES string of the molecule is CCNC(=O)C(Cc1ccccc1)N(Cc1c(Cl)cccc1Cl)C(=O)CN(c1ccc(C)cc1)S(=O)(=O)c1ccc(SC)cc1. The number of halogens is 2. The lowest BCUT2D eigenvalue weighted by atomic mass is 10.0. The molecule has 0 aliphatic rings. The highest BCUT2D eigenvalue weighted by molar-refractivity contribution is 7.98. The molecule has 45 heavy (non-hydrogen) atoms. The quantitative estimate of drug-likeness (QED) is 0.154. The van der Waals surface area contributed by atoms with Gasteiger partial charge in [-0.15, -0.1) is 11.8 Å². The Morgan fingerprint density at radius 2 is 1.49 bits per heavy atom. The van der Waals surface area contributed by atoms with Gasteiger partial charge in [0.15, 0.2) is 0 Å². The number of rotatable bonds is 13. The van der Waals surface area contributed by atoms with Crippen LogP contribution in [0.4, 0.5) is 5.69 Å². The number of sulfonamides is 1. The van der Waals surface area contributed by atoms with Crippen molar-refractivity contribution in [1.82, 2.24) is 10.2 Å². The van der Waals surface area contributed by atoms with Crippen molar-refractivity contribution in [2.75, 3.05) is 23.7 Å². The van der Waals surface area contributed by atoms with Gasteiger partial charge in [-0.1, -0.05) is 77.3 Å². The summed E-state index contributed by atoms with van der Waals surface area (Å²) in [4.78, 5) is 30.4. The summed E-state index contributed by atoms with van der Waals surface area (Å²) in [5.41, 5.74) is 2.53. The van der Waals surface area contributed by atoms with Crippen LogP contribution >= 0.6 is 35.0 Å². The van der Waals surface area contributed by atoms with E-state index in [1.54, 1.807) is 61.5 Å². The van der Waals surface area contributed by atoms with Crippen molar-refractivity contribution in [3.63, 3.8) is 0 Å². The highest BCUT2D eigenvalue weighted by Crippen LogP contribution is 2.29. The highest BCUT2D eigenvalue weighted by Gasteiger charge is 2.35. The Hall–Kier alpha value is -3.50. The second-order valence-corrected chi connectivity index (χ2v) is 13.9. The van der Waals surface area contributed by atoms with Crippen molar-refractivity contribution in [3.05, 3.63) is 124 Å². The monoisotopic (exact) mass is 683 g/mol. The Bertz CT molecular complexity index is 1700. The van der Waals surface area contributed by atoms with Crippen molar-refractivity contribution >= 4 is 62.5 Å². The number of anilines is 1. The van der Waals surface area contributed by atoms with Crippen LogP contribution in [0.25, 0.3) is 0 Å². The van der Waals surface area contributed by atoms with Gasteiger partial charge in [0.2, 0.25) is 11.8 Å². The van der Waals surface area contributed by atoms with Crippen LogP contribution in [0, 0.1) is 6.92 Å². The molecule has 0 heterocycles. The van der Waals surface area contributed by atoms with E-state index in [2.05, 4.69) is 5.32 Å². The number of nitrogens with zero attached hydrogens (tertiary/aromatic N) is 2. The van der Waals surface area contributed by atoms with Crippen molar-refractivity contribution in [2.24, 2.45) is 0 Å². The number of nitrogens with one attached hydrogen (secondary N) is 1. The number of likely N-dealkylation sites (N-methyl/N-ethyl adjacent to an activating group) is 1. The molecule has 1 unspecified atom stereocenters. The van der Waals surface area contributed by atoms with Gasteiger partial charge in [-0.25, -0.2) is 8.42 Å². The van der Waals surface area contributed by atoms with Crippen LogP contribution in [0.3, 0.4) is 0 Å². The fraction of sp³-hybridized carbons (Fsp3) is 0.235. The molecule has 4 rings (SSSR count). The van der Waals surface area contributed by atoms with E-state index in [-0.39, 0.29) is 23.8 Å². The van der Waals surface area contributed by atoms with Crippen LogP contribution in [0.15, 0.2) is 107 Å². The lowest BCUT2D eigenvalue weighted by Gasteiger charge is -2.34. The predicted molar refractivity (Wildman–Crippen MR) is 184 cm³/mol. The molecule has 4 aromatic carbocycles. The number of hydrogen-bond donors (Lipinski definition) is 1. The average Bonchev–Trinajstić information content (AvgIpc) is 3.03. The summed E-state index contributed by atoms with van der Waals surface area (Å²) < 4.78 is 29.4. The largest absolute Gasteiger partial charge is 0.355 e. The first-order chi connectivity index (χ1) is 21.5. The molecule has 0 radical (unpaired) electrons. The molecule has 0 bridgehead atoms. The van der Waals surface area contributed by atoms with Gasteiger partial charge >= 0.3 is 0 Å². The molecule has 1 atom stereocenters. The lowest BCUT2D eigenvalue weighted by molar-refractivity contribution is -0.140. The zero-order chi connectivity index (χ0) is 32.6. The molecule has 11 heteroatoms. The summed E-state index contributed by atoms with van der Waals surface area (Å²) >= 11 is 14.6. The zero-order valence-electron chi connectivity index (χ0n) is 25.2. The van der Waals surface area contributed by atoms with Crippen LogP contribution in [0.2, 0.25) is 10.0 Å². The summed E-state index contributed by atoms with van der Waals surface area (Å²) in [5, 5.41) is 3.49. The first kappa shape index (κ1) is 34.4. The van der Waals surface area contributed by atoms with E-state index in [1.807, 2.05) is 43.5 Å². The average molecular weight is 685 g/mol. The van der Waals surface area contributed by atoms with E-state index in [9.17, 15) is 18.0 Å². The number of carbonyl (C=O) groups is 2. The Balaban J connectivity index is 1.82. The molecular weight excluding hydrogens is 649 g/mol. The number of hydrogen-bond acceptors (Lipinski definition) is 5. The smallest absolute Gasteiger partial charge is 0.264 e. The topological polar surface area (TPSA) is 86.8 Å². The Labute approximate surface area is 279 Å². The van der Waals surface area contributed by atoms with Crippen molar-refractivity contribution in [3.8, 4) is 0 Å². The third kappa shape index (κ3) is 8.61. The lowest BCUT2D eigenvalue weighted by Crippen LogP contribution is -2.53. The van der Waals surface area contributed by atoms with E-state index in [0.29, 0.717) is 27.8 Å². The fourth-order valence-corrected chi connectivity index (χ4v) is 7.15. The van der Waals surface area contributed by atoms with Gasteiger partial charge in [0.25, 0.3) is 10.0 Å². The molecule has 7 nitrogen and oxygen atoms in total. The summed E-state index contributed by atoms with van der Waals surface area (Å²) in [6.45, 7) is 3.35. The molecule has 236 valence electrons. The summed E-state index contributed by atoms with van der Waals surface area (Å²) in [5.74, 6) is -0.974. The van der Waals surface area contributed by atoms with E-state index in [4.69, 9.17) is 23.2 Å². The normalized spacial score (nSPS) is 11.9. The first-order valence-electron chi connectivity index (χ1n) is 14.3. The van der Waals surface area contributed by atoms with Gasteiger partial charge in [-0.3, -0.25) is 13.9 Å². The van der Waals surface area contributed by atoms with Gasteiger partial charge in [0, 0.05) is 40.0 Å². The second kappa shape index (κ2) is 15.7. The van der Waals surface area contributed by atoms with E-state index >= 15 is 0 Å². The van der Waals surface area contributed by atoms with Gasteiger partial charge < -0.3 is 10.2 Å². The minimum absolute atomic E-state index is 0.0407. The van der Waals surface area contributed by atoms with Crippen LogP contribution < -0.4 is 9.62 Å². The van der Waals surface area contributed by atoms with Crippen LogP contribution in [0.5, 0.6) is 0 Å². The minimum atomic E-state index is -4.20. The molecule has 0 spiro atoms. The Morgan fingerprint density at radius 1 is 0.867 bits per heavy atom. The van der Waals surface area contributed by atoms with E-state index in [1.165, 1.54) is 28.8 Å². The molecule has 0 saturated heterocycles. The van der Waals surface area contributed by atoms with Crippen molar-refractivity contribution < 1.29 is 18.0 Å². The summed E-state index contributed by atoms with van der Waals surface area (Å²) in [6, 6.07) is 26.8. The standard InChI is InChI=1S/C34H35Cl2N3O4S2/c1-4-37-34(41)32(21-25-9-6-5-7-10-25)38(22-29-30(35)11-8-12-31(29)36)33(40)23-39(26-15-13-24(2)14-16-26)45(42,43)28-19-17-27(44-3)18-20-28/h5-20,32H,4,21-23H2,1-3H3,(H,37,41). The maximum Gasteiger partial charge on any atom is 0.264 e. The third-order valence-electron chi connectivity index (χ3n) is 7.26. The van der Waals surface area contributed by atoms with E-state index < -0.39 is 28.5 Å². The molecule has 0 saturated carbocycles. The summed E-state index contributed by atoms with van der Waals surface area (Å²) in [6.07, 6.45) is 2.09. The van der Waals surface area contributed by atoms with Crippen molar-refractivity contribution in [2.45, 2.75) is 42.6 Å². The molecule has 2 amide bonds. The predicted octanol–water partition coefficient (Wildman–Crippen LogP) is 7.00. The number of carbonyl (C=O) groups excluding carboxylic acids is 2. The molecule has 0 aromatic heterocycles. The number of aryl methyl sites for hydroxylation is 1. The second-order valence-electron chi connectivity index (χ2n) is 10.3. The van der Waals surface area contributed by atoms with Crippen molar-refractivity contribution in [1.29, 1.82) is 0 Å². The highest BCUT2D eigenvalue weighted by atomic mass is 35.5. The third-order valence-corrected chi connectivity index (χ3v) is 10.5. The molecule has 0 aliphatic heterocycles. The molecular formula is C34H35Cl2N3O4S2. The molecule has 4 aromatic rings. The Kier molecular flexibility index (Phi) is 12.0. The molecule has 1 N–H and O–H groups in total. The summed E-state index contributed by atoms with van der Waals surface area (Å²) in [7, 11) is -4.20. The first-order valence-corrected chi connectivity index (χ1v) is 17.7. The van der Waals surface area contributed by atoms with Gasteiger partial charge in [-0.05, 0) is 74.2 Å². The zero-order valence-corrected chi connectivity index (χ0v) is 28.4. The molecule has 0 fully saturated rings. The van der Waals surface area contributed by atoms with E-state index in [0.717, 1.165) is 20.3 Å². The van der Waals surface area contributed by atoms with Gasteiger partial charge in [-0.2, -0.15) is 0 Å². The number of benzene rings is 4. The Morgan fingerprint density at radius 3 is 2.07 bits per heavy atom. The minimum Gasteiger partial charge on any atom is -0.355 e. The van der Waals surface area contributed by atoms with Gasteiger partial charge in [0.05, 0.1) is 10.6 Å². The van der Waals surface area contributed by atoms with Gasteiger partial charge in [0.1, 0.15) is 12.6 Å². The maximum atomic E-state index is 14.5. The van der Waals surface area contributed by atoms with Crippen LogP contribution in [0.1, 0.15) is 23.6 Å². The number of amides is 2. The fourth-order valence-electron chi connectivity index (χ4n) is 4.81. The molecule has 0 aliphatic carbocycles. The number of thioether (sulfide) groups is 1. The van der Waals surface area contributed by atoms with Crippen LogP contribution in [-0.4, -0.2) is 50.5 Å². The maximum absolute atomic E-state index is 14.5.